The lowest BCUT2D eigenvalue weighted by atomic mass is 9.79. The van der Waals surface area contributed by atoms with Gasteiger partial charge >= 0.3 is 0 Å². The van der Waals surface area contributed by atoms with Crippen LogP contribution in [-0.2, 0) is 5.41 Å². The van der Waals surface area contributed by atoms with Crippen LogP contribution in [-0.4, -0.2) is 15.2 Å². The predicted molar refractivity (Wildman–Crippen MR) is 97.3 cm³/mol. The molecule has 1 N–H and O–H groups in total. The van der Waals surface area contributed by atoms with Crippen molar-refractivity contribution < 1.29 is 0 Å². The zero-order valence-electron chi connectivity index (χ0n) is 14.2. The Labute approximate surface area is 141 Å². The lowest BCUT2D eigenvalue weighted by Gasteiger charge is -2.22. The number of hydrogen-bond acceptors (Lipinski definition) is 3. The maximum atomic E-state index is 9.67. The molecule has 0 aliphatic rings. The summed E-state index contributed by atoms with van der Waals surface area (Å²) in [6, 6.07) is 10.8. The number of hydrogen-bond donors (Lipinski definition) is 1. The number of H-pyrrole nitrogens is 1. The van der Waals surface area contributed by atoms with Crippen LogP contribution in [0.1, 0.15) is 38.3 Å². The SMILES string of the molecule is CC=Cc1cc(-c2ccnc3[nH]ncc23)cc(C(C)(C#N)CC)c1. The summed E-state index contributed by atoms with van der Waals surface area (Å²) in [7, 11) is 0. The van der Waals surface area contributed by atoms with Gasteiger partial charge in [-0.05, 0) is 60.7 Å². The molecule has 4 nitrogen and oxygen atoms in total. The molecule has 0 saturated carbocycles. The van der Waals surface area contributed by atoms with Crippen molar-refractivity contribution in [3.8, 4) is 17.2 Å². The Bertz CT molecular complexity index is 946. The Hall–Kier alpha value is -2.93. The molecular formula is C20H20N4. The van der Waals surface area contributed by atoms with E-state index in [2.05, 4.69) is 45.5 Å². The van der Waals surface area contributed by atoms with Crippen molar-refractivity contribution in [2.45, 2.75) is 32.6 Å². The largest absolute Gasteiger partial charge is 0.261 e. The van der Waals surface area contributed by atoms with Crippen molar-refractivity contribution in [2.75, 3.05) is 0 Å². The summed E-state index contributed by atoms with van der Waals surface area (Å²) in [6.45, 7) is 6.04. The molecular weight excluding hydrogens is 296 g/mol. The van der Waals surface area contributed by atoms with Gasteiger partial charge in [-0.2, -0.15) is 10.4 Å². The minimum absolute atomic E-state index is 0.505. The standard InChI is InChI=1S/C20H20N4/c1-4-6-14-9-15(11-16(10-14)20(3,5-2)13-21)17-7-8-22-19-18(17)12-23-24-19/h4,6-12H,5H2,1-3H3,(H,22,23,24). The minimum Gasteiger partial charge on any atom is -0.261 e. The molecule has 0 saturated heterocycles. The third kappa shape index (κ3) is 2.69. The second-order valence-electron chi connectivity index (χ2n) is 6.13. The topological polar surface area (TPSA) is 65.4 Å². The van der Waals surface area contributed by atoms with E-state index in [-0.39, 0.29) is 0 Å². The van der Waals surface area contributed by atoms with Crippen molar-refractivity contribution in [3.05, 3.63) is 53.9 Å². The monoisotopic (exact) mass is 316 g/mol. The Morgan fingerprint density at radius 2 is 2.17 bits per heavy atom. The number of pyridine rings is 1. The number of aromatic nitrogens is 3. The lowest BCUT2D eigenvalue weighted by Crippen LogP contribution is -2.18. The van der Waals surface area contributed by atoms with Crippen LogP contribution in [0.5, 0.6) is 0 Å². The van der Waals surface area contributed by atoms with Crippen LogP contribution in [0.3, 0.4) is 0 Å². The zero-order valence-corrected chi connectivity index (χ0v) is 14.2. The molecule has 1 aromatic carbocycles. The molecule has 0 bridgehead atoms. The van der Waals surface area contributed by atoms with Crippen LogP contribution in [0.4, 0.5) is 0 Å². The second kappa shape index (κ2) is 6.29. The van der Waals surface area contributed by atoms with E-state index in [9.17, 15) is 5.26 Å². The first-order chi connectivity index (χ1) is 11.6. The molecule has 0 aliphatic heterocycles. The number of nitrogens with zero attached hydrogens (tertiary/aromatic N) is 3. The third-order valence-electron chi connectivity index (χ3n) is 4.57. The minimum atomic E-state index is -0.505. The summed E-state index contributed by atoms with van der Waals surface area (Å²) < 4.78 is 0. The van der Waals surface area contributed by atoms with Gasteiger partial charge in [0.25, 0.3) is 0 Å². The highest BCUT2D eigenvalue weighted by atomic mass is 15.1. The molecule has 120 valence electrons. The first-order valence-corrected chi connectivity index (χ1v) is 8.09. The average molecular weight is 316 g/mol. The van der Waals surface area contributed by atoms with Gasteiger partial charge in [-0.25, -0.2) is 4.98 Å². The molecule has 3 rings (SSSR count). The average Bonchev–Trinajstić information content (AvgIpc) is 3.09. The summed E-state index contributed by atoms with van der Waals surface area (Å²) in [4.78, 5) is 4.31. The van der Waals surface area contributed by atoms with Crippen molar-refractivity contribution >= 4 is 17.1 Å². The van der Waals surface area contributed by atoms with Crippen LogP contribution in [0.15, 0.2) is 42.7 Å². The van der Waals surface area contributed by atoms with E-state index in [1.54, 1.807) is 12.4 Å². The molecule has 24 heavy (non-hydrogen) atoms. The van der Waals surface area contributed by atoms with Crippen molar-refractivity contribution in [1.82, 2.24) is 15.2 Å². The van der Waals surface area contributed by atoms with E-state index in [0.717, 1.165) is 39.7 Å². The quantitative estimate of drug-likeness (QED) is 0.748. The van der Waals surface area contributed by atoms with E-state index in [1.807, 2.05) is 32.9 Å². The fourth-order valence-corrected chi connectivity index (χ4v) is 2.86. The number of fused-ring (bicyclic) bond motifs is 1. The Kier molecular flexibility index (Phi) is 4.18. The highest BCUT2D eigenvalue weighted by molar-refractivity contribution is 5.92. The van der Waals surface area contributed by atoms with E-state index in [0.29, 0.717) is 0 Å². The second-order valence-corrected chi connectivity index (χ2v) is 6.13. The highest BCUT2D eigenvalue weighted by Gasteiger charge is 2.25. The molecule has 0 spiro atoms. The molecule has 2 aromatic heterocycles. The van der Waals surface area contributed by atoms with Gasteiger partial charge in [0.05, 0.1) is 17.7 Å². The van der Waals surface area contributed by atoms with Crippen LogP contribution in [0.2, 0.25) is 0 Å². The van der Waals surface area contributed by atoms with E-state index in [1.165, 1.54) is 0 Å². The van der Waals surface area contributed by atoms with E-state index in [4.69, 9.17) is 0 Å². The predicted octanol–water partition coefficient (Wildman–Crippen LogP) is 4.85. The Morgan fingerprint density at radius 1 is 1.33 bits per heavy atom. The molecule has 0 aliphatic carbocycles. The third-order valence-corrected chi connectivity index (χ3v) is 4.57. The van der Waals surface area contributed by atoms with Crippen LogP contribution < -0.4 is 0 Å². The molecule has 2 heterocycles. The smallest absolute Gasteiger partial charge is 0.155 e. The number of nitriles is 1. The molecule has 0 radical (unpaired) electrons. The normalized spacial score (nSPS) is 13.9. The molecule has 1 unspecified atom stereocenters. The van der Waals surface area contributed by atoms with Gasteiger partial charge in [-0.15, -0.1) is 0 Å². The molecule has 4 heteroatoms. The maximum Gasteiger partial charge on any atom is 0.155 e. The van der Waals surface area contributed by atoms with Crippen molar-refractivity contribution in [1.29, 1.82) is 5.26 Å². The summed E-state index contributed by atoms with van der Waals surface area (Å²) in [6.07, 6.45) is 8.41. The van der Waals surface area contributed by atoms with Gasteiger partial charge in [0, 0.05) is 11.6 Å². The van der Waals surface area contributed by atoms with E-state index < -0.39 is 5.41 Å². The van der Waals surface area contributed by atoms with Gasteiger partial charge in [-0.3, -0.25) is 5.10 Å². The van der Waals surface area contributed by atoms with Crippen molar-refractivity contribution in [3.63, 3.8) is 0 Å². The molecule has 3 aromatic rings. The fourth-order valence-electron chi connectivity index (χ4n) is 2.86. The lowest BCUT2D eigenvalue weighted by molar-refractivity contribution is 0.587. The van der Waals surface area contributed by atoms with E-state index >= 15 is 0 Å². The van der Waals surface area contributed by atoms with Gasteiger partial charge in [-0.1, -0.05) is 25.1 Å². The number of nitrogens with one attached hydrogen (secondary N) is 1. The molecule has 0 amide bonds. The number of allylic oxidation sites excluding steroid dienone is 1. The van der Waals surface area contributed by atoms with Crippen LogP contribution >= 0.6 is 0 Å². The first-order valence-electron chi connectivity index (χ1n) is 8.09. The highest BCUT2D eigenvalue weighted by Crippen LogP contribution is 2.34. The molecule has 0 fully saturated rings. The summed E-state index contributed by atoms with van der Waals surface area (Å²) in [5.74, 6) is 0. The maximum absolute atomic E-state index is 9.67. The fraction of sp³-hybridized carbons (Fsp3) is 0.250. The summed E-state index contributed by atoms with van der Waals surface area (Å²) >= 11 is 0. The zero-order chi connectivity index (χ0) is 17.2. The number of aromatic amines is 1. The van der Waals surface area contributed by atoms with Gasteiger partial charge in [0.2, 0.25) is 0 Å². The van der Waals surface area contributed by atoms with Gasteiger partial charge in [0.15, 0.2) is 5.65 Å². The Morgan fingerprint density at radius 3 is 2.88 bits per heavy atom. The summed E-state index contributed by atoms with van der Waals surface area (Å²) in [5, 5.41) is 17.7. The summed E-state index contributed by atoms with van der Waals surface area (Å²) in [5.41, 5.74) is 4.53. The van der Waals surface area contributed by atoms with Crippen LogP contribution in [0, 0.1) is 11.3 Å². The molecule has 1 atom stereocenters. The van der Waals surface area contributed by atoms with Crippen LogP contribution in [0.25, 0.3) is 28.2 Å². The first kappa shape index (κ1) is 15.9. The van der Waals surface area contributed by atoms with Gasteiger partial charge in [0.1, 0.15) is 0 Å². The van der Waals surface area contributed by atoms with Gasteiger partial charge < -0.3 is 0 Å². The van der Waals surface area contributed by atoms with Crippen molar-refractivity contribution in [2.24, 2.45) is 0 Å². The Balaban J connectivity index is 2.27. The number of rotatable bonds is 4. The number of benzene rings is 1.